The quantitative estimate of drug-likeness (QED) is 0.246. The number of amides is 2. The highest BCUT2D eigenvalue weighted by Crippen LogP contribution is 2.30. The van der Waals surface area contributed by atoms with Crippen molar-refractivity contribution in [2.75, 3.05) is 69.8 Å². The largest absolute Gasteiger partial charge is 0.375 e. The number of carbonyl (C=O) groups excluding carboxylic acids is 2. The first-order valence-corrected chi connectivity index (χ1v) is 17.5. The van der Waals surface area contributed by atoms with Crippen LogP contribution in [0.3, 0.4) is 0 Å². The van der Waals surface area contributed by atoms with Crippen LogP contribution in [0, 0.1) is 0 Å². The molecule has 3 heterocycles. The van der Waals surface area contributed by atoms with Gasteiger partial charge < -0.3 is 24.3 Å². The van der Waals surface area contributed by atoms with Crippen molar-refractivity contribution in [3.8, 4) is 0 Å². The summed E-state index contributed by atoms with van der Waals surface area (Å²) in [5.41, 5.74) is 6.02. The Balaban J connectivity index is 1.37. The van der Waals surface area contributed by atoms with E-state index in [1.165, 1.54) is 18.2 Å². The molecule has 0 saturated heterocycles. The Hall–Kier alpha value is -4.02. The average molecular weight is 702 g/mol. The van der Waals surface area contributed by atoms with Crippen molar-refractivity contribution in [1.29, 1.82) is 0 Å². The van der Waals surface area contributed by atoms with Crippen molar-refractivity contribution >= 4 is 46.7 Å². The van der Waals surface area contributed by atoms with Gasteiger partial charge >= 0.3 is 0 Å². The van der Waals surface area contributed by atoms with Crippen molar-refractivity contribution in [3.05, 3.63) is 116 Å². The minimum absolute atomic E-state index is 0.0203. The summed E-state index contributed by atoms with van der Waals surface area (Å²) in [5, 5.41) is 1.03. The minimum atomic E-state index is -0.190. The maximum Gasteiger partial charge on any atom is 0.257 e. The fourth-order valence-corrected chi connectivity index (χ4v) is 7.16. The second-order valence-corrected chi connectivity index (χ2v) is 13.5. The summed E-state index contributed by atoms with van der Waals surface area (Å²) >= 11 is 13.3. The predicted molar refractivity (Wildman–Crippen MR) is 195 cm³/mol. The number of hydrogen-bond acceptors (Lipinski definition) is 7. The molecule has 256 valence electrons. The van der Waals surface area contributed by atoms with Crippen molar-refractivity contribution in [1.82, 2.24) is 19.8 Å². The first kappa shape index (κ1) is 34.8. The molecular formula is C38H42Cl2N6O3. The summed E-state index contributed by atoms with van der Waals surface area (Å²) in [4.78, 5) is 45.8. The Bertz CT molecular complexity index is 1760. The van der Waals surface area contributed by atoms with E-state index in [-0.39, 0.29) is 24.8 Å². The van der Waals surface area contributed by atoms with E-state index in [4.69, 9.17) is 37.9 Å². The number of halogens is 2. The van der Waals surface area contributed by atoms with E-state index in [9.17, 15) is 9.59 Å². The molecule has 0 radical (unpaired) electrons. The molecule has 11 heteroatoms. The highest BCUT2D eigenvalue weighted by atomic mass is 35.5. The summed E-state index contributed by atoms with van der Waals surface area (Å²) in [6.07, 6.45) is 4.49. The number of para-hydroxylation sites is 1. The van der Waals surface area contributed by atoms with Gasteiger partial charge in [-0.3, -0.25) is 9.59 Å². The third kappa shape index (κ3) is 8.24. The SMILES string of the molecule is COCC(=O)N1CCCN(C)CCN(C(=O)c2cnc(N3CCc4ccccc4CC3)nc2Cc2c(Cl)cccc2Cl)Cc2ccccc21. The lowest BCUT2D eigenvalue weighted by Crippen LogP contribution is -2.38. The van der Waals surface area contributed by atoms with E-state index in [0.29, 0.717) is 59.0 Å². The fraction of sp³-hybridized carbons (Fsp3) is 0.368. The van der Waals surface area contributed by atoms with E-state index in [2.05, 4.69) is 34.1 Å². The molecule has 0 aliphatic carbocycles. The highest BCUT2D eigenvalue weighted by Gasteiger charge is 2.27. The third-order valence-electron chi connectivity index (χ3n) is 9.37. The van der Waals surface area contributed by atoms with E-state index in [0.717, 1.165) is 50.1 Å². The van der Waals surface area contributed by atoms with Crippen molar-refractivity contribution in [3.63, 3.8) is 0 Å². The summed E-state index contributed by atoms with van der Waals surface area (Å²) in [7, 11) is 3.56. The molecule has 9 nitrogen and oxygen atoms in total. The van der Waals surface area contributed by atoms with E-state index in [1.807, 2.05) is 42.3 Å². The Labute approximate surface area is 298 Å². The fourth-order valence-electron chi connectivity index (χ4n) is 6.63. The van der Waals surface area contributed by atoms with Gasteiger partial charge in [0.2, 0.25) is 5.95 Å². The van der Waals surface area contributed by atoms with Gasteiger partial charge in [0, 0.05) is 74.7 Å². The molecule has 0 unspecified atom stereocenters. The lowest BCUT2D eigenvalue weighted by atomic mass is 10.0. The van der Waals surface area contributed by atoms with E-state index >= 15 is 0 Å². The van der Waals surface area contributed by atoms with Crippen LogP contribution in [0.1, 0.15) is 44.7 Å². The zero-order valence-electron chi connectivity index (χ0n) is 28.1. The van der Waals surface area contributed by atoms with Crippen LogP contribution < -0.4 is 9.80 Å². The monoisotopic (exact) mass is 700 g/mol. The van der Waals surface area contributed by atoms with Crippen LogP contribution in [0.4, 0.5) is 11.6 Å². The number of nitrogens with zero attached hydrogens (tertiary/aromatic N) is 6. The molecule has 2 aliphatic rings. The number of anilines is 2. The van der Waals surface area contributed by atoms with Gasteiger partial charge in [0.25, 0.3) is 11.8 Å². The number of rotatable bonds is 6. The molecule has 4 aromatic rings. The number of carbonyl (C=O) groups is 2. The van der Waals surface area contributed by atoms with Crippen LogP contribution in [0.2, 0.25) is 10.0 Å². The molecule has 0 fully saturated rings. The standard InChI is InChI=1S/C38H42Cl2N6O3/c1-43-17-8-18-46(36(47)26-49-2)35-14-6-5-11-29(35)25-45(22-21-43)37(48)31-24-41-38(42-34(31)23-30-32(39)12-7-13-33(30)40)44-19-15-27-9-3-4-10-28(27)16-20-44/h3-7,9-14,24H,8,15-23,25-26H2,1-2H3. The van der Waals surface area contributed by atoms with Gasteiger partial charge in [-0.1, -0.05) is 71.7 Å². The number of likely N-dealkylation sites (N-methyl/N-ethyl adjacent to an activating group) is 1. The normalized spacial score (nSPS) is 16.0. The van der Waals surface area contributed by atoms with Crippen LogP contribution in [-0.2, 0) is 35.3 Å². The molecule has 0 spiro atoms. The summed E-state index contributed by atoms with van der Waals surface area (Å²) in [6.45, 7) is 4.29. The molecule has 0 saturated carbocycles. The van der Waals surface area contributed by atoms with Gasteiger partial charge in [-0.2, -0.15) is 0 Å². The Kier molecular flexibility index (Phi) is 11.5. The molecular weight excluding hydrogens is 659 g/mol. The maximum atomic E-state index is 14.7. The van der Waals surface area contributed by atoms with Crippen LogP contribution in [0.5, 0.6) is 0 Å². The average Bonchev–Trinajstić information content (AvgIpc) is 3.34. The van der Waals surface area contributed by atoms with Gasteiger partial charge in [0.1, 0.15) is 6.61 Å². The third-order valence-corrected chi connectivity index (χ3v) is 10.1. The van der Waals surface area contributed by atoms with Crippen molar-refractivity contribution in [2.45, 2.75) is 32.2 Å². The summed E-state index contributed by atoms with van der Waals surface area (Å²) < 4.78 is 5.22. The number of methoxy groups -OCH3 is 1. The van der Waals surface area contributed by atoms with Gasteiger partial charge in [-0.15, -0.1) is 0 Å². The van der Waals surface area contributed by atoms with Crippen LogP contribution >= 0.6 is 23.2 Å². The van der Waals surface area contributed by atoms with Crippen molar-refractivity contribution in [2.24, 2.45) is 0 Å². The zero-order chi connectivity index (χ0) is 34.3. The molecule has 0 N–H and O–H groups in total. The zero-order valence-corrected chi connectivity index (χ0v) is 29.6. The first-order valence-electron chi connectivity index (χ1n) is 16.8. The number of hydrogen-bond donors (Lipinski definition) is 0. The smallest absolute Gasteiger partial charge is 0.257 e. The van der Waals surface area contributed by atoms with E-state index in [1.54, 1.807) is 23.2 Å². The van der Waals surface area contributed by atoms with E-state index < -0.39 is 0 Å². The number of ether oxygens (including phenoxy) is 1. The molecule has 6 rings (SSSR count). The molecule has 2 amide bonds. The van der Waals surface area contributed by atoms with Gasteiger partial charge in [-0.05, 0) is 73.3 Å². The van der Waals surface area contributed by atoms with Gasteiger partial charge in [0.05, 0.1) is 11.3 Å². The summed E-state index contributed by atoms with van der Waals surface area (Å²) in [5.74, 6) is 0.275. The van der Waals surface area contributed by atoms with Crippen LogP contribution in [0.25, 0.3) is 0 Å². The topological polar surface area (TPSA) is 82.1 Å². The summed E-state index contributed by atoms with van der Waals surface area (Å²) in [6, 6.07) is 21.7. The van der Waals surface area contributed by atoms with Crippen LogP contribution in [-0.4, -0.2) is 91.6 Å². The lowest BCUT2D eigenvalue weighted by molar-refractivity contribution is -0.122. The highest BCUT2D eigenvalue weighted by molar-refractivity contribution is 6.36. The molecule has 0 atom stereocenters. The number of aromatic nitrogens is 2. The molecule has 3 aromatic carbocycles. The number of fused-ring (bicyclic) bond motifs is 2. The Morgan fingerprint density at radius 2 is 1.49 bits per heavy atom. The predicted octanol–water partition coefficient (Wildman–Crippen LogP) is 5.94. The van der Waals surface area contributed by atoms with Crippen LogP contribution in [0.15, 0.2) is 72.9 Å². The van der Waals surface area contributed by atoms with Crippen molar-refractivity contribution < 1.29 is 14.3 Å². The second-order valence-electron chi connectivity index (χ2n) is 12.7. The molecule has 49 heavy (non-hydrogen) atoms. The maximum absolute atomic E-state index is 14.7. The minimum Gasteiger partial charge on any atom is -0.375 e. The van der Waals surface area contributed by atoms with Gasteiger partial charge in [-0.25, -0.2) is 9.97 Å². The molecule has 2 aliphatic heterocycles. The lowest BCUT2D eigenvalue weighted by Gasteiger charge is -2.28. The van der Waals surface area contributed by atoms with Gasteiger partial charge in [0.15, 0.2) is 0 Å². The Morgan fingerprint density at radius 3 is 2.18 bits per heavy atom. The molecule has 0 bridgehead atoms. The Morgan fingerprint density at radius 1 is 0.816 bits per heavy atom. The molecule has 1 aromatic heterocycles. The first-order chi connectivity index (χ1) is 23.8. The number of benzene rings is 3. The second kappa shape index (κ2) is 16.1.